The molecule has 0 saturated heterocycles. The van der Waals surface area contributed by atoms with Gasteiger partial charge in [-0.3, -0.25) is 4.57 Å². The Labute approximate surface area is 90.4 Å². The highest BCUT2D eigenvalue weighted by Crippen LogP contribution is 2.05. The molecule has 0 fully saturated rings. The molecule has 0 amide bonds. The number of nitrogens with zero attached hydrogens (tertiary/aromatic N) is 5. The zero-order chi connectivity index (χ0) is 11.6. The van der Waals surface area contributed by atoms with Crippen LogP contribution in [0.15, 0.2) is 16.4 Å². The van der Waals surface area contributed by atoms with Crippen molar-refractivity contribution >= 4 is 11.5 Å². The van der Waals surface area contributed by atoms with Crippen LogP contribution in [-0.2, 0) is 14.1 Å². The van der Waals surface area contributed by atoms with Gasteiger partial charge in [0, 0.05) is 40.1 Å². The van der Waals surface area contributed by atoms with Crippen LogP contribution in [-0.4, -0.2) is 28.9 Å². The molecule has 1 rings (SSSR count). The molecule has 0 unspecified atom stereocenters. The molecule has 0 aliphatic carbocycles. The van der Waals surface area contributed by atoms with Crippen LogP contribution >= 0.6 is 0 Å². The fraction of sp³-hybridized carbons (Fsp3) is 0.600. The van der Waals surface area contributed by atoms with Gasteiger partial charge in [-0.05, 0) is 13.8 Å². The van der Waals surface area contributed by atoms with Crippen LogP contribution in [0.3, 0.4) is 0 Å². The van der Waals surface area contributed by atoms with E-state index in [2.05, 4.69) is 10.2 Å². The molecular formula is C10H19N5. The first-order valence-corrected chi connectivity index (χ1v) is 4.88. The molecule has 0 saturated carbocycles. The number of rotatable bonds is 2. The predicted molar refractivity (Wildman–Crippen MR) is 63.1 cm³/mol. The van der Waals surface area contributed by atoms with Crippen molar-refractivity contribution in [3.8, 4) is 0 Å². The summed E-state index contributed by atoms with van der Waals surface area (Å²) in [6.07, 6.45) is 2.03. The number of imidazole rings is 1. The first kappa shape index (κ1) is 11.6. The molecule has 0 aliphatic heterocycles. The van der Waals surface area contributed by atoms with E-state index in [4.69, 9.17) is 0 Å². The largest absolute Gasteiger partial charge is 0.363 e. The number of aryl methyl sites for hydroxylation is 1. The lowest BCUT2D eigenvalue weighted by atomic mass is 10.5. The number of hydrogen-bond acceptors (Lipinski definition) is 3. The quantitative estimate of drug-likeness (QED) is 0.522. The van der Waals surface area contributed by atoms with E-state index in [0.29, 0.717) is 0 Å². The van der Waals surface area contributed by atoms with E-state index < -0.39 is 0 Å². The fourth-order valence-electron chi connectivity index (χ4n) is 1.35. The molecule has 0 bridgehead atoms. The van der Waals surface area contributed by atoms with Gasteiger partial charge in [0.2, 0.25) is 5.62 Å². The molecular weight excluding hydrogens is 190 g/mol. The van der Waals surface area contributed by atoms with E-state index >= 15 is 0 Å². The summed E-state index contributed by atoms with van der Waals surface area (Å²) in [5.41, 5.74) is 1.78. The first-order chi connectivity index (χ1) is 6.93. The van der Waals surface area contributed by atoms with Crippen molar-refractivity contribution < 1.29 is 0 Å². The fourth-order valence-corrected chi connectivity index (χ4v) is 1.35. The Bertz CT molecular complexity index is 429. The molecule has 0 spiro atoms. The summed E-state index contributed by atoms with van der Waals surface area (Å²) in [4.78, 5) is 2.04. The maximum atomic E-state index is 4.20. The summed E-state index contributed by atoms with van der Waals surface area (Å²) in [7, 11) is 7.96. The molecule has 0 atom stereocenters. The maximum absolute atomic E-state index is 4.20. The highest BCUT2D eigenvalue weighted by Gasteiger charge is 2.04. The summed E-state index contributed by atoms with van der Waals surface area (Å²) in [5.74, 6) is 1.10. The molecule has 0 N–H and O–H groups in total. The van der Waals surface area contributed by atoms with Crippen LogP contribution in [0.25, 0.3) is 0 Å². The van der Waals surface area contributed by atoms with Gasteiger partial charge in [0.1, 0.15) is 5.82 Å². The van der Waals surface area contributed by atoms with Crippen molar-refractivity contribution in [1.29, 1.82) is 0 Å². The van der Waals surface area contributed by atoms with Crippen LogP contribution in [0.4, 0.5) is 5.82 Å². The van der Waals surface area contributed by atoms with E-state index in [9.17, 15) is 0 Å². The van der Waals surface area contributed by atoms with Gasteiger partial charge in [0.15, 0.2) is 0 Å². The minimum absolute atomic E-state index is 0.833. The molecule has 5 nitrogen and oxygen atoms in total. The third-order valence-corrected chi connectivity index (χ3v) is 2.07. The monoisotopic (exact) mass is 209 g/mol. The summed E-state index contributed by atoms with van der Waals surface area (Å²) in [6.45, 7) is 3.86. The Kier molecular flexibility index (Phi) is 3.34. The van der Waals surface area contributed by atoms with Crippen molar-refractivity contribution in [3.05, 3.63) is 11.8 Å². The zero-order valence-corrected chi connectivity index (χ0v) is 10.3. The molecule has 0 aliphatic rings. The zero-order valence-electron chi connectivity index (χ0n) is 10.3. The minimum Gasteiger partial charge on any atom is -0.363 e. The van der Waals surface area contributed by atoms with Gasteiger partial charge in [0.05, 0.1) is 0 Å². The number of hydrogen-bond donors (Lipinski definition) is 0. The van der Waals surface area contributed by atoms with Gasteiger partial charge < -0.3 is 9.47 Å². The van der Waals surface area contributed by atoms with E-state index in [1.165, 1.54) is 0 Å². The topological polar surface area (TPSA) is 37.8 Å². The third-order valence-electron chi connectivity index (χ3n) is 2.07. The third kappa shape index (κ3) is 2.49. The molecule has 5 heteroatoms. The highest BCUT2D eigenvalue weighted by atomic mass is 15.3. The molecule has 0 aromatic carbocycles. The normalized spacial score (nSPS) is 11.7. The van der Waals surface area contributed by atoms with Crippen LogP contribution in [0.1, 0.15) is 13.8 Å². The number of aromatic nitrogens is 2. The first-order valence-electron chi connectivity index (χ1n) is 4.88. The average molecular weight is 209 g/mol. The average Bonchev–Trinajstić information content (AvgIpc) is 2.39. The van der Waals surface area contributed by atoms with Gasteiger partial charge in [0.25, 0.3) is 0 Å². The second-order valence-electron chi connectivity index (χ2n) is 4.00. The van der Waals surface area contributed by atoms with Gasteiger partial charge in [-0.25, -0.2) is 0 Å². The second-order valence-corrected chi connectivity index (χ2v) is 4.00. The van der Waals surface area contributed by atoms with Crippen molar-refractivity contribution in [2.75, 3.05) is 19.0 Å². The van der Waals surface area contributed by atoms with E-state index in [0.717, 1.165) is 17.1 Å². The lowest BCUT2D eigenvalue weighted by molar-refractivity contribution is 0.724. The SMILES string of the molecule is CC(C)=NN=c1n(C)cc(N(C)C)n1C. The van der Waals surface area contributed by atoms with E-state index in [1.807, 2.05) is 62.3 Å². The van der Waals surface area contributed by atoms with Crippen LogP contribution < -0.4 is 10.5 Å². The predicted octanol–water partition coefficient (Wildman–Crippen LogP) is 0.726. The summed E-state index contributed by atoms with van der Waals surface area (Å²) < 4.78 is 3.97. The molecule has 1 heterocycles. The lowest BCUT2D eigenvalue weighted by Gasteiger charge is -2.11. The van der Waals surface area contributed by atoms with Crippen LogP contribution in [0.5, 0.6) is 0 Å². The Morgan fingerprint density at radius 1 is 1.27 bits per heavy atom. The maximum Gasteiger partial charge on any atom is 0.230 e. The van der Waals surface area contributed by atoms with Gasteiger partial charge >= 0.3 is 0 Å². The Hall–Kier alpha value is -1.52. The van der Waals surface area contributed by atoms with Crippen LogP contribution in [0, 0.1) is 0 Å². The lowest BCUT2D eigenvalue weighted by Crippen LogP contribution is -2.23. The summed E-state index contributed by atoms with van der Waals surface area (Å²) in [5, 5.41) is 8.27. The summed E-state index contributed by atoms with van der Waals surface area (Å²) in [6, 6.07) is 0. The Balaban J connectivity index is 3.32. The smallest absolute Gasteiger partial charge is 0.230 e. The van der Waals surface area contributed by atoms with Crippen molar-refractivity contribution in [2.45, 2.75) is 13.8 Å². The van der Waals surface area contributed by atoms with Gasteiger partial charge in [-0.2, -0.15) is 5.10 Å². The van der Waals surface area contributed by atoms with E-state index in [-0.39, 0.29) is 0 Å². The molecule has 1 aromatic heterocycles. The van der Waals surface area contributed by atoms with Gasteiger partial charge in [-0.1, -0.05) is 0 Å². The molecule has 1 aromatic rings. The number of anilines is 1. The Morgan fingerprint density at radius 3 is 2.27 bits per heavy atom. The molecule has 84 valence electrons. The van der Waals surface area contributed by atoms with E-state index in [1.54, 1.807) is 0 Å². The van der Waals surface area contributed by atoms with Crippen LogP contribution in [0.2, 0.25) is 0 Å². The second kappa shape index (κ2) is 4.33. The van der Waals surface area contributed by atoms with Gasteiger partial charge in [-0.15, -0.1) is 5.10 Å². The molecule has 0 radical (unpaired) electrons. The van der Waals surface area contributed by atoms with Crippen molar-refractivity contribution in [3.63, 3.8) is 0 Å². The van der Waals surface area contributed by atoms with Crippen molar-refractivity contribution in [1.82, 2.24) is 9.13 Å². The standard InChI is InChI=1S/C10H19N5/c1-8(2)11-12-10-14(5)7-9(13(3)4)15(10)6/h7H,1-6H3. The highest BCUT2D eigenvalue weighted by molar-refractivity contribution is 5.78. The molecule has 15 heavy (non-hydrogen) atoms. The van der Waals surface area contributed by atoms with Crippen molar-refractivity contribution in [2.24, 2.45) is 24.3 Å². The Morgan fingerprint density at radius 2 is 1.87 bits per heavy atom. The summed E-state index contributed by atoms with van der Waals surface area (Å²) >= 11 is 0. The minimum atomic E-state index is 0.833.